The van der Waals surface area contributed by atoms with Crippen LogP contribution in [0, 0.1) is 23.1 Å². The fraction of sp³-hybridized carbons (Fsp3) is 0.462. The fourth-order valence-electron chi connectivity index (χ4n) is 2.24. The average Bonchev–Trinajstić information content (AvgIpc) is 2.37. The highest BCUT2D eigenvalue weighted by Crippen LogP contribution is 2.29. The van der Waals surface area contributed by atoms with E-state index in [0.717, 1.165) is 18.2 Å². The van der Waals surface area contributed by atoms with Crippen LogP contribution in [-0.2, 0) is 10.0 Å². The van der Waals surface area contributed by atoms with Gasteiger partial charge in [0.2, 0.25) is 10.0 Å². The Morgan fingerprint density at radius 2 is 2.15 bits per heavy atom. The lowest BCUT2D eigenvalue weighted by molar-refractivity contribution is 0.0367. The van der Waals surface area contributed by atoms with Crippen LogP contribution in [0.4, 0.5) is 4.39 Å². The molecule has 0 unspecified atom stereocenters. The van der Waals surface area contributed by atoms with E-state index in [2.05, 4.69) is 0 Å². The van der Waals surface area contributed by atoms with Crippen molar-refractivity contribution in [3.63, 3.8) is 0 Å². The molecule has 20 heavy (non-hydrogen) atoms. The number of sulfonamides is 1. The average molecular weight is 298 g/mol. The van der Waals surface area contributed by atoms with Crippen LogP contribution in [-0.4, -0.2) is 37.5 Å². The topological polar surface area (TPSA) is 81.4 Å². The van der Waals surface area contributed by atoms with E-state index >= 15 is 0 Å². The smallest absolute Gasteiger partial charge is 0.242 e. The molecule has 108 valence electrons. The minimum atomic E-state index is -3.74. The van der Waals surface area contributed by atoms with Crippen LogP contribution in [0.3, 0.4) is 0 Å². The van der Waals surface area contributed by atoms with E-state index in [-0.39, 0.29) is 22.5 Å². The van der Waals surface area contributed by atoms with Crippen molar-refractivity contribution in [3.8, 4) is 6.07 Å². The molecule has 1 aromatic carbocycles. The van der Waals surface area contributed by atoms with Crippen molar-refractivity contribution >= 4 is 10.0 Å². The maximum absolute atomic E-state index is 13.2. The minimum absolute atomic E-state index is 0.0992. The lowest BCUT2D eigenvalue weighted by atomic mass is 9.82. The predicted octanol–water partition coefficient (Wildman–Crippen LogP) is 1.09. The van der Waals surface area contributed by atoms with Crippen LogP contribution in [0.15, 0.2) is 23.1 Å². The van der Waals surface area contributed by atoms with Crippen molar-refractivity contribution in [1.29, 1.82) is 5.26 Å². The molecule has 0 radical (unpaired) electrons. The standard InChI is InChI=1S/C13H15FN2O3S/c1-16(8-9-4-11(17)5-9)20(18,19)12-2-3-13(14)10(6-12)7-15/h2-3,6,9,11,17H,4-5,8H2,1H3. The highest BCUT2D eigenvalue weighted by atomic mass is 32.2. The molecule has 5 nitrogen and oxygen atoms in total. The van der Waals surface area contributed by atoms with Gasteiger partial charge >= 0.3 is 0 Å². The summed E-state index contributed by atoms with van der Waals surface area (Å²) in [5.74, 6) is -0.600. The summed E-state index contributed by atoms with van der Waals surface area (Å²) in [6, 6.07) is 4.79. The van der Waals surface area contributed by atoms with Gasteiger partial charge in [0.25, 0.3) is 0 Å². The third kappa shape index (κ3) is 2.82. The molecule has 7 heteroatoms. The maximum Gasteiger partial charge on any atom is 0.242 e. The minimum Gasteiger partial charge on any atom is -0.393 e. The van der Waals surface area contributed by atoms with Crippen LogP contribution < -0.4 is 0 Å². The van der Waals surface area contributed by atoms with Crippen LogP contribution in [0.25, 0.3) is 0 Å². The highest BCUT2D eigenvalue weighted by molar-refractivity contribution is 7.89. The van der Waals surface area contributed by atoms with Gasteiger partial charge in [-0.2, -0.15) is 5.26 Å². The number of hydrogen-bond donors (Lipinski definition) is 1. The molecule has 0 amide bonds. The highest BCUT2D eigenvalue weighted by Gasteiger charge is 2.31. The van der Waals surface area contributed by atoms with Crippen molar-refractivity contribution in [3.05, 3.63) is 29.6 Å². The molecule has 1 N–H and O–H groups in total. The second-order valence-electron chi connectivity index (χ2n) is 5.03. The molecule has 0 heterocycles. The van der Waals surface area contributed by atoms with Crippen LogP contribution in [0.1, 0.15) is 18.4 Å². The number of hydrogen-bond acceptors (Lipinski definition) is 4. The zero-order valence-corrected chi connectivity index (χ0v) is 11.8. The number of nitrogens with zero attached hydrogens (tertiary/aromatic N) is 2. The molecule has 0 aliphatic heterocycles. The summed E-state index contributed by atoms with van der Waals surface area (Å²) in [5, 5.41) is 17.9. The number of nitriles is 1. The van der Waals surface area contributed by atoms with E-state index in [9.17, 15) is 17.9 Å². The number of rotatable bonds is 4. The van der Waals surface area contributed by atoms with E-state index in [1.165, 1.54) is 11.4 Å². The molecular formula is C13H15FN2O3S. The Morgan fingerprint density at radius 1 is 1.50 bits per heavy atom. The van der Waals surface area contributed by atoms with Gasteiger partial charge in [-0.25, -0.2) is 17.1 Å². The molecule has 1 saturated carbocycles. The molecule has 0 aromatic heterocycles. The molecule has 0 atom stereocenters. The molecule has 2 rings (SSSR count). The number of benzene rings is 1. The summed E-state index contributed by atoms with van der Waals surface area (Å²) in [4.78, 5) is -0.0992. The van der Waals surface area contributed by atoms with Crippen molar-refractivity contribution in [2.45, 2.75) is 23.8 Å². The number of aliphatic hydroxyl groups is 1. The molecular weight excluding hydrogens is 283 g/mol. The number of aliphatic hydroxyl groups excluding tert-OH is 1. The Morgan fingerprint density at radius 3 is 2.70 bits per heavy atom. The van der Waals surface area contributed by atoms with Gasteiger partial charge < -0.3 is 5.11 Å². The first kappa shape index (κ1) is 14.9. The Balaban J connectivity index is 2.19. The third-order valence-corrected chi connectivity index (χ3v) is 5.31. The molecule has 1 aromatic rings. The van der Waals surface area contributed by atoms with Gasteiger partial charge in [-0.1, -0.05) is 0 Å². The summed E-state index contributed by atoms with van der Waals surface area (Å²) in [6.07, 6.45) is 0.839. The van der Waals surface area contributed by atoms with Crippen molar-refractivity contribution in [2.24, 2.45) is 5.92 Å². The van der Waals surface area contributed by atoms with Gasteiger partial charge in [-0.15, -0.1) is 0 Å². The first-order valence-corrected chi connectivity index (χ1v) is 7.62. The van der Waals surface area contributed by atoms with Crippen LogP contribution in [0.2, 0.25) is 0 Å². The second kappa shape index (κ2) is 5.48. The Bertz CT molecular complexity index is 648. The van der Waals surface area contributed by atoms with Gasteiger partial charge in [0.05, 0.1) is 16.6 Å². The lowest BCUT2D eigenvalue weighted by Crippen LogP contribution is -2.39. The first-order chi connectivity index (χ1) is 9.34. The molecule has 1 fully saturated rings. The van der Waals surface area contributed by atoms with E-state index < -0.39 is 15.8 Å². The number of halogens is 1. The van der Waals surface area contributed by atoms with E-state index in [0.29, 0.717) is 19.4 Å². The van der Waals surface area contributed by atoms with Gasteiger partial charge in [0.1, 0.15) is 11.9 Å². The molecule has 0 spiro atoms. The summed E-state index contributed by atoms with van der Waals surface area (Å²) in [6.45, 7) is 0.304. The van der Waals surface area contributed by atoms with E-state index in [1.54, 1.807) is 6.07 Å². The third-order valence-electron chi connectivity index (χ3n) is 3.49. The monoisotopic (exact) mass is 298 g/mol. The Labute approximate surface area is 117 Å². The van der Waals surface area contributed by atoms with Gasteiger partial charge in [-0.3, -0.25) is 0 Å². The zero-order chi connectivity index (χ0) is 14.9. The Hall–Kier alpha value is -1.49. The largest absolute Gasteiger partial charge is 0.393 e. The van der Waals surface area contributed by atoms with Crippen LogP contribution >= 0.6 is 0 Å². The summed E-state index contributed by atoms with van der Waals surface area (Å²) in [5.41, 5.74) is -0.293. The molecule has 0 bridgehead atoms. The Kier molecular flexibility index (Phi) is 4.09. The van der Waals surface area contributed by atoms with Crippen molar-refractivity contribution < 1.29 is 17.9 Å². The summed E-state index contributed by atoms with van der Waals surface area (Å²) in [7, 11) is -2.30. The first-order valence-electron chi connectivity index (χ1n) is 6.18. The van der Waals surface area contributed by atoms with Gasteiger partial charge in [-0.05, 0) is 37.0 Å². The second-order valence-corrected chi connectivity index (χ2v) is 7.08. The normalized spacial score (nSPS) is 22.4. The van der Waals surface area contributed by atoms with Gasteiger partial charge in [0, 0.05) is 13.6 Å². The molecule has 1 aliphatic carbocycles. The predicted molar refractivity (Wildman–Crippen MR) is 69.7 cm³/mol. The fourth-order valence-corrected chi connectivity index (χ4v) is 3.52. The summed E-state index contributed by atoms with van der Waals surface area (Å²) < 4.78 is 39.0. The molecule has 1 aliphatic rings. The van der Waals surface area contributed by atoms with Gasteiger partial charge in [0.15, 0.2) is 0 Å². The lowest BCUT2D eigenvalue weighted by Gasteiger charge is -2.34. The van der Waals surface area contributed by atoms with Crippen molar-refractivity contribution in [1.82, 2.24) is 4.31 Å². The molecule has 0 saturated heterocycles. The van der Waals surface area contributed by atoms with Crippen LogP contribution in [0.5, 0.6) is 0 Å². The SMILES string of the molecule is CN(CC1CC(O)C1)S(=O)(=O)c1ccc(F)c(C#N)c1. The summed E-state index contributed by atoms with van der Waals surface area (Å²) >= 11 is 0. The maximum atomic E-state index is 13.2. The van der Waals surface area contributed by atoms with E-state index in [4.69, 9.17) is 5.26 Å². The van der Waals surface area contributed by atoms with Crippen molar-refractivity contribution in [2.75, 3.05) is 13.6 Å². The zero-order valence-electron chi connectivity index (χ0n) is 11.0. The quantitative estimate of drug-likeness (QED) is 0.902. The van der Waals surface area contributed by atoms with E-state index in [1.807, 2.05) is 0 Å².